The number of carbonyl (C=O) groups is 1. The van der Waals surface area contributed by atoms with Crippen molar-refractivity contribution in [3.63, 3.8) is 0 Å². The number of hydrogen-bond acceptors (Lipinski definition) is 1. The van der Waals surface area contributed by atoms with Crippen molar-refractivity contribution >= 4 is 5.97 Å². The van der Waals surface area contributed by atoms with E-state index in [9.17, 15) is 4.79 Å². The predicted molar refractivity (Wildman–Crippen MR) is 45.4 cm³/mol. The van der Waals surface area contributed by atoms with E-state index in [4.69, 9.17) is 5.11 Å². The van der Waals surface area contributed by atoms with E-state index in [-0.39, 0.29) is 5.92 Å². The molecule has 0 radical (unpaired) electrons. The molecule has 0 rings (SSSR count). The smallest absolute Gasteiger partial charge is 0.306 e. The van der Waals surface area contributed by atoms with Crippen molar-refractivity contribution in [3.05, 3.63) is 12.7 Å². The van der Waals surface area contributed by atoms with Gasteiger partial charge in [-0.15, -0.1) is 6.58 Å². The Morgan fingerprint density at radius 2 is 2.18 bits per heavy atom. The van der Waals surface area contributed by atoms with Gasteiger partial charge < -0.3 is 5.11 Å². The highest BCUT2D eigenvalue weighted by Crippen LogP contribution is 2.15. The van der Waals surface area contributed by atoms with Crippen LogP contribution in [-0.2, 0) is 4.79 Å². The quantitative estimate of drug-likeness (QED) is 0.620. The molecule has 2 atom stereocenters. The van der Waals surface area contributed by atoms with Crippen LogP contribution in [0.1, 0.15) is 26.7 Å². The zero-order chi connectivity index (χ0) is 8.85. The molecular weight excluding hydrogens is 140 g/mol. The molecule has 0 amide bonds. The minimum absolute atomic E-state index is 0.232. The van der Waals surface area contributed by atoms with Gasteiger partial charge in [-0.25, -0.2) is 0 Å². The Morgan fingerprint density at radius 3 is 2.55 bits per heavy atom. The number of carboxylic acid groups (broad SMARTS) is 1. The molecule has 0 aromatic carbocycles. The maximum atomic E-state index is 10.4. The Bertz CT molecular complexity index is 140. The molecule has 0 bridgehead atoms. The van der Waals surface area contributed by atoms with Crippen LogP contribution in [0.5, 0.6) is 0 Å². The molecule has 64 valence electrons. The van der Waals surface area contributed by atoms with Crippen molar-refractivity contribution in [2.75, 3.05) is 0 Å². The van der Waals surface area contributed by atoms with Gasteiger partial charge in [-0.05, 0) is 18.8 Å². The van der Waals surface area contributed by atoms with Crippen LogP contribution in [0.2, 0.25) is 0 Å². The van der Waals surface area contributed by atoms with Crippen molar-refractivity contribution in [3.8, 4) is 0 Å². The van der Waals surface area contributed by atoms with Crippen LogP contribution < -0.4 is 0 Å². The Balaban J connectivity index is 3.64. The average molecular weight is 156 g/mol. The van der Waals surface area contributed by atoms with Crippen LogP contribution in [0.4, 0.5) is 0 Å². The second-order valence-corrected chi connectivity index (χ2v) is 3.10. The van der Waals surface area contributed by atoms with Crippen molar-refractivity contribution in [2.24, 2.45) is 11.8 Å². The summed E-state index contributed by atoms with van der Waals surface area (Å²) in [7, 11) is 0. The maximum absolute atomic E-state index is 10.4. The molecule has 2 unspecified atom stereocenters. The van der Waals surface area contributed by atoms with E-state index < -0.39 is 5.97 Å². The minimum atomic E-state index is -0.707. The van der Waals surface area contributed by atoms with Gasteiger partial charge in [-0.1, -0.05) is 19.9 Å². The molecule has 0 aromatic rings. The summed E-state index contributed by atoms with van der Waals surface area (Å²) in [6, 6.07) is 0. The molecular formula is C9H16O2. The maximum Gasteiger partial charge on any atom is 0.306 e. The number of carboxylic acids is 1. The summed E-state index contributed by atoms with van der Waals surface area (Å²) in [6.45, 7) is 7.39. The van der Waals surface area contributed by atoms with Gasteiger partial charge in [0.15, 0.2) is 0 Å². The van der Waals surface area contributed by atoms with Gasteiger partial charge in [0.25, 0.3) is 0 Å². The summed E-state index contributed by atoms with van der Waals surface area (Å²) >= 11 is 0. The van der Waals surface area contributed by atoms with E-state index in [1.54, 1.807) is 6.92 Å². The number of aliphatic carboxylic acids is 1. The number of rotatable bonds is 5. The Morgan fingerprint density at radius 1 is 1.64 bits per heavy atom. The molecule has 11 heavy (non-hydrogen) atoms. The molecule has 0 saturated heterocycles. The van der Waals surface area contributed by atoms with E-state index in [1.165, 1.54) is 0 Å². The van der Waals surface area contributed by atoms with E-state index >= 15 is 0 Å². The third kappa shape index (κ3) is 4.59. The first-order valence-electron chi connectivity index (χ1n) is 3.91. The molecule has 0 heterocycles. The lowest BCUT2D eigenvalue weighted by Crippen LogP contribution is -2.12. The topological polar surface area (TPSA) is 37.3 Å². The van der Waals surface area contributed by atoms with Crippen molar-refractivity contribution in [1.29, 1.82) is 0 Å². The zero-order valence-corrected chi connectivity index (χ0v) is 7.21. The average Bonchev–Trinajstić information content (AvgIpc) is 1.87. The van der Waals surface area contributed by atoms with Gasteiger partial charge >= 0.3 is 5.97 Å². The second kappa shape index (κ2) is 4.94. The fraction of sp³-hybridized carbons (Fsp3) is 0.667. The van der Waals surface area contributed by atoms with Gasteiger partial charge in [0, 0.05) is 0 Å². The van der Waals surface area contributed by atoms with Crippen molar-refractivity contribution < 1.29 is 9.90 Å². The highest BCUT2D eigenvalue weighted by atomic mass is 16.4. The van der Waals surface area contributed by atoms with Gasteiger partial charge in [0.05, 0.1) is 5.92 Å². The van der Waals surface area contributed by atoms with E-state index in [2.05, 4.69) is 6.58 Å². The summed E-state index contributed by atoms with van der Waals surface area (Å²) in [5.74, 6) is -0.510. The molecule has 0 aliphatic carbocycles. The summed E-state index contributed by atoms with van der Waals surface area (Å²) < 4.78 is 0. The minimum Gasteiger partial charge on any atom is -0.481 e. The molecule has 0 aromatic heterocycles. The second-order valence-electron chi connectivity index (χ2n) is 3.10. The fourth-order valence-electron chi connectivity index (χ4n) is 1.09. The van der Waals surface area contributed by atoms with Crippen LogP contribution in [-0.4, -0.2) is 11.1 Å². The first kappa shape index (κ1) is 10.2. The lowest BCUT2D eigenvalue weighted by atomic mass is 9.95. The Kier molecular flexibility index (Phi) is 4.59. The Hall–Kier alpha value is -0.790. The van der Waals surface area contributed by atoms with Crippen LogP contribution in [0.15, 0.2) is 12.7 Å². The molecule has 2 nitrogen and oxygen atoms in total. The number of hydrogen-bond donors (Lipinski definition) is 1. The first-order chi connectivity index (χ1) is 5.07. The van der Waals surface area contributed by atoms with Crippen LogP contribution in [0.3, 0.4) is 0 Å². The third-order valence-corrected chi connectivity index (χ3v) is 1.75. The van der Waals surface area contributed by atoms with Crippen molar-refractivity contribution in [1.82, 2.24) is 0 Å². The van der Waals surface area contributed by atoms with Crippen LogP contribution in [0.25, 0.3) is 0 Å². The summed E-state index contributed by atoms with van der Waals surface area (Å²) in [5, 5.41) is 8.57. The molecule has 0 saturated carbocycles. The van der Waals surface area contributed by atoms with Crippen LogP contribution in [0, 0.1) is 11.8 Å². The van der Waals surface area contributed by atoms with Gasteiger partial charge in [-0.3, -0.25) is 4.79 Å². The molecule has 0 spiro atoms. The molecule has 0 fully saturated rings. The van der Waals surface area contributed by atoms with Crippen molar-refractivity contribution in [2.45, 2.75) is 26.7 Å². The molecule has 0 aliphatic heterocycles. The number of allylic oxidation sites excluding steroid dienone is 1. The molecule has 2 heteroatoms. The van der Waals surface area contributed by atoms with E-state index in [0.29, 0.717) is 5.92 Å². The monoisotopic (exact) mass is 156 g/mol. The van der Waals surface area contributed by atoms with Gasteiger partial charge in [0.1, 0.15) is 0 Å². The van der Waals surface area contributed by atoms with Gasteiger partial charge in [-0.2, -0.15) is 0 Å². The largest absolute Gasteiger partial charge is 0.481 e. The summed E-state index contributed by atoms with van der Waals surface area (Å²) in [6.07, 6.45) is 3.47. The summed E-state index contributed by atoms with van der Waals surface area (Å²) in [5.41, 5.74) is 0. The van der Waals surface area contributed by atoms with E-state index in [1.807, 2.05) is 13.0 Å². The van der Waals surface area contributed by atoms with E-state index in [0.717, 1.165) is 12.8 Å². The first-order valence-corrected chi connectivity index (χ1v) is 3.91. The fourth-order valence-corrected chi connectivity index (χ4v) is 1.09. The zero-order valence-electron chi connectivity index (χ0n) is 7.21. The third-order valence-electron chi connectivity index (χ3n) is 1.75. The summed E-state index contributed by atoms with van der Waals surface area (Å²) in [4.78, 5) is 10.4. The van der Waals surface area contributed by atoms with Gasteiger partial charge in [0.2, 0.25) is 0 Å². The molecule has 0 aliphatic rings. The Labute approximate surface area is 67.9 Å². The standard InChI is InChI=1S/C9H16O2/c1-4-5-7(2)6-8(3)9(10)11/h4,7-8H,1,5-6H2,2-3H3,(H,10,11). The van der Waals surface area contributed by atoms with Crippen LogP contribution >= 0.6 is 0 Å². The lowest BCUT2D eigenvalue weighted by Gasteiger charge is -2.11. The lowest BCUT2D eigenvalue weighted by molar-refractivity contribution is -0.141. The normalized spacial score (nSPS) is 15.5. The molecule has 1 N–H and O–H groups in total. The predicted octanol–water partition coefficient (Wildman–Crippen LogP) is 2.31. The highest BCUT2D eigenvalue weighted by molar-refractivity contribution is 5.69. The highest BCUT2D eigenvalue weighted by Gasteiger charge is 2.13. The SMILES string of the molecule is C=CCC(C)CC(C)C(=O)O.